The van der Waals surface area contributed by atoms with Gasteiger partial charge in [0.1, 0.15) is 0 Å². The van der Waals surface area contributed by atoms with E-state index in [0.29, 0.717) is 16.5 Å². The minimum atomic E-state index is -0.334. The van der Waals surface area contributed by atoms with Gasteiger partial charge in [-0.25, -0.2) is 0 Å². The molecule has 110 valence electrons. The van der Waals surface area contributed by atoms with Gasteiger partial charge in [-0.2, -0.15) is 0 Å². The molecule has 0 aliphatic heterocycles. The molecule has 0 bridgehead atoms. The Morgan fingerprint density at radius 3 is 2.41 bits per heavy atom. The number of thiol groups is 1. The molecule has 1 aromatic heterocycles. The third-order valence-electron chi connectivity index (χ3n) is 2.87. The van der Waals surface area contributed by atoms with Crippen molar-refractivity contribution in [2.45, 2.75) is 4.90 Å². The Kier molecular flexibility index (Phi) is 4.13. The maximum absolute atomic E-state index is 12.0. The average molecular weight is 332 g/mol. The minimum absolute atomic E-state index is 0.0323. The van der Waals surface area contributed by atoms with Crippen molar-refractivity contribution in [3.05, 3.63) is 59.1 Å². The number of aromatic nitrogens is 2. The maximum Gasteiger partial charge on any atom is 0.322 e. The van der Waals surface area contributed by atoms with Crippen LogP contribution in [0.2, 0.25) is 5.02 Å². The van der Waals surface area contributed by atoms with Crippen LogP contribution in [-0.2, 0) is 0 Å². The Bertz CT molecular complexity index is 800. The van der Waals surface area contributed by atoms with E-state index >= 15 is 0 Å². The van der Waals surface area contributed by atoms with Crippen molar-refractivity contribution >= 4 is 36.2 Å². The van der Waals surface area contributed by atoms with Crippen molar-refractivity contribution in [1.82, 2.24) is 10.2 Å². The first-order chi connectivity index (χ1) is 10.6. The topological polar surface area (TPSA) is 68.0 Å². The fraction of sp³-hybridized carbons (Fsp3) is 0. The molecule has 0 atom stereocenters. The summed E-state index contributed by atoms with van der Waals surface area (Å²) in [5.41, 5.74) is 1.20. The van der Waals surface area contributed by atoms with Crippen LogP contribution < -0.4 is 5.32 Å². The molecule has 1 amide bonds. The Morgan fingerprint density at radius 1 is 1.05 bits per heavy atom. The second-order valence-corrected chi connectivity index (χ2v) is 5.37. The van der Waals surface area contributed by atoms with E-state index in [1.54, 1.807) is 48.5 Å². The number of amides is 1. The van der Waals surface area contributed by atoms with Crippen LogP contribution in [0.15, 0.2) is 57.8 Å². The molecular formula is C15H10ClN3O2S. The van der Waals surface area contributed by atoms with E-state index in [9.17, 15) is 4.79 Å². The van der Waals surface area contributed by atoms with E-state index < -0.39 is 0 Å². The van der Waals surface area contributed by atoms with Gasteiger partial charge in [-0.05, 0) is 48.5 Å². The number of carbonyl (C=O) groups excluding carboxylic acids is 1. The molecule has 5 nitrogen and oxygen atoms in total. The first kappa shape index (κ1) is 14.6. The van der Waals surface area contributed by atoms with E-state index in [4.69, 9.17) is 16.0 Å². The lowest BCUT2D eigenvalue weighted by atomic mass is 10.2. The highest BCUT2D eigenvalue weighted by atomic mass is 35.5. The zero-order chi connectivity index (χ0) is 15.5. The standard InChI is InChI=1S/C15H10ClN3O2S/c16-11-5-1-10(2-6-11)14-18-19-15(21-14)17-13(20)9-3-7-12(22)8-4-9/h1-8,22H,(H,17,19,20). The van der Waals surface area contributed by atoms with Gasteiger partial charge in [0.2, 0.25) is 5.89 Å². The highest BCUT2D eigenvalue weighted by Gasteiger charge is 2.12. The van der Waals surface area contributed by atoms with Crippen molar-refractivity contribution in [2.75, 3.05) is 5.32 Å². The molecule has 3 rings (SSSR count). The smallest absolute Gasteiger partial charge is 0.322 e. The molecule has 0 aliphatic rings. The first-order valence-corrected chi connectivity index (χ1v) is 7.14. The molecule has 0 radical (unpaired) electrons. The second kappa shape index (κ2) is 6.21. The zero-order valence-corrected chi connectivity index (χ0v) is 12.8. The molecule has 3 aromatic rings. The number of nitrogens with zero attached hydrogens (tertiary/aromatic N) is 2. The highest BCUT2D eigenvalue weighted by Crippen LogP contribution is 2.22. The number of rotatable bonds is 3. The van der Waals surface area contributed by atoms with Crippen LogP contribution in [0.3, 0.4) is 0 Å². The van der Waals surface area contributed by atoms with Gasteiger partial charge in [0.05, 0.1) is 0 Å². The average Bonchev–Trinajstić information content (AvgIpc) is 2.97. The van der Waals surface area contributed by atoms with Crippen LogP contribution in [-0.4, -0.2) is 16.1 Å². The summed E-state index contributed by atoms with van der Waals surface area (Å²) < 4.78 is 5.41. The summed E-state index contributed by atoms with van der Waals surface area (Å²) in [5, 5.41) is 10.9. The molecule has 1 heterocycles. The molecule has 0 saturated carbocycles. The monoisotopic (exact) mass is 331 g/mol. The van der Waals surface area contributed by atoms with Crippen LogP contribution in [0.25, 0.3) is 11.5 Å². The van der Waals surface area contributed by atoms with Gasteiger partial charge in [-0.1, -0.05) is 16.7 Å². The largest absolute Gasteiger partial charge is 0.403 e. The Labute approximate surface area is 136 Å². The zero-order valence-electron chi connectivity index (χ0n) is 11.2. The Hall–Kier alpha value is -2.31. The van der Waals surface area contributed by atoms with Gasteiger partial charge in [0.25, 0.3) is 5.91 Å². The van der Waals surface area contributed by atoms with E-state index in [1.165, 1.54) is 0 Å². The third-order valence-corrected chi connectivity index (χ3v) is 3.42. The van der Waals surface area contributed by atoms with Gasteiger partial charge in [0.15, 0.2) is 0 Å². The van der Waals surface area contributed by atoms with Crippen LogP contribution in [0.1, 0.15) is 10.4 Å². The summed E-state index contributed by atoms with van der Waals surface area (Å²) in [7, 11) is 0. The van der Waals surface area contributed by atoms with Crippen molar-refractivity contribution in [3.63, 3.8) is 0 Å². The van der Waals surface area contributed by atoms with Gasteiger partial charge in [0, 0.05) is 21.0 Å². The summed E-state index contributed by atoms with van der Waals surface area (Å²) in [6.07, 6.45) is 0. The van der Waals surface area contributed by atoms with E-state index in [2.05, 4.69) is 28.1 Å². The fourth-order valence-electron chi connectivity index (χ4n) is 1.76. The lowest BCUT2D eigenvalue weighted by Gasteiger charge is -2.00. The quantitative estimate of drug-likeness (QED) is 0.713. The molecule has 0 spiro atoms. The molecular weight excluding hydrogens is 322 g/mol. The molecule has 0 aliphatic carbocycles. The maximum atomic E-state index is 12.0. The molecule has 0 saturated heterocycles. The fourth-order valence-corrected chi connectivity index (χ4v) is 2.04. The normalized spacial score (nSPS) is 10.5. The van der Waals surface area contributed by atoms with Gasteiger partial charge in [-0.15, -0.1) is 17.7 Å². The number of hydrogen-bond donors (Lipinski definition) is 2. The summed E-state index contributed by atoms with van der Waals surface area (Å²) in [6.45, 7) is 0. The van der Waals surface area contributed by atoms with E-state index in [0.717, 1.165) is 10.5 Å². The molecule has 0 unspecified atom stereocenters. The van der Waals surface area contributed by atoms with Crippen LogP contribution in [0.4, 0.5) is 6.01 Å². The van der Waals surface area contributed by atoms with Gasteiger partial charge < -0.3 is 4.42 Å². The summed E-state index contributed by atoms with van der Waals surface area (Å²) in [4.78, 5) is 12.8. The minimum Gasteiger partial charge on any atom is -0.403 e. The number of nitrogens with one attached hydrogen (secondary N) is 1. The summed E-state index contributed by atoms with van der Waals surface area (Å²) in [5.74, 6) is -0.0303. The Balaban J connectivity index is 1.75. The molecule has 7 heteroatoms. The number of benzene rings is 2. The van der Waals surface area contributed by atoms with Crippen LogP contribution in [0, 0.1) is 0 Å². The number of halogens is 1. The van der Waals surface area contributed by atoms with Gasteiger partial charge >= 0.3 is 6.01 Å². The number of hydrogen-bond acceptors (Lipinski definition) is 5. The second-order valence-electron chi connectivity index (χ2n) is 4.42. The highest BCUT2D eigenvalue weighted by molar-refractivity contribution is 7.80. The third kappa shape index (κ3) is 3.29. The van der Waals surface area contributed by atoms with Crippen LogP contribution in [0.5, 0.6) is 0 Å². The molecule has 1 N–H and O–H groups in total. The van der Waals surface area contributed by atoms with Crippen molar-refractivity contribution < 1.29 is 9.21 Å². The summed E-state index contributed by atoms with van der Waals surface area (Å²) in [6, 6.07) is 13.8. The lowest BCUT2D eigenvalue weighted by molar-refractivity contribution is 0.102. The number of anilines is 1. The molecule has 22 heavy (non-hydrogen) atoms. The van der Waals surface area contributed by atoms with Crippen LogP contribution >= 0.6 is 24.2 Å². The Morgan fingerprint density at radius 2 is 1.73 bits per heavy atom. The molecule has 2 aromatic carbocycles. The van der Waals surface area contributed by atoms with Gasteiger partial charge in [-0.3, -0.25) is 10.1 Å². The predicted molar refractivity (Wildman–Crippen MR) is 86.4 cm³/mol. The lowest BCUT2D eigenvalue weighted by Crippen LogP contribution is -2.11. The van der Waals surface area contributed by atoms with Crippen molar-refractivity contribution in [3.8, 4) is 11.5 Å². The van der Waals surface area contributed by atoms with E-state index in [1.807, 2.05) is 0 Å². The predicted octanol–water partition coefficient (Wildman–Crippen LogP) is 3.93. The first-order valence-electron chi connectivity index (χ1n) is 6.31. The SMILES string of the molecule is O=C(Nc1nnc(-c2ccc(Cl)cc2)o1)c1ccc(S)cc1. The van der Waals surface area contributed by atoms with Crippen molar-refractivity contribution in [1.29, 1.82) is 0 Å². The molecule has 0 fully saturated rings. The van der Waals surface area contributed by atoms with E-state index in [-0.39, 0.29) is 11.9 Å². The van der Waals surface area contributed by atoms with Crippen molar-refractivity contribution in [2.24, 2.45) is 0 Å². The number of carbonyl (C=O) groups is 1. The summed E-state index contributed by atoms with van der Waals surface area (Å²) >= 11 is 9.99.